The third-order valence-corrected chi connectivity index (χ3v) is 25.4. The first-order valence-corrected chi connectivity index (χ1v) is 44.0. The van der Waals surface area contributed by atoms with Crippen molar-refractivity contribution in [3.05, 3.63) is 125 Å². The molecule has 0 aromatic heterocycles. The molecule has 6 fully saturated rings. The summed E-state index contributed by atoms with van der Waals surface area (Å²) in [6.45, 7) is 14.8. The van der Waals surface area contributed by atoms with E-state index in [1.54, 1.807) is 43.9 Å². The Morgan fingerprint density at radius 2 is 1.42 bits per heavy atom. The van der Waals surface area contributed by atoms with Crippen molar-refractivity contribution in [3.63, 3.8) is 0 Å². The molecule has 2 unspecified atom stereocenters. The highest BCUT2D eigenvalue weighted by molar-refractivity contribution is 6.44. The summed E-state index contributed by atoms with van der Waals surface area (Å²) in [6.07, 6.45) is -3.86. The largest absolute Gasteiger partial charge is 0.486 e. The lowest BCUT2D eigenvalue weighted by molar-refractivity contribution is -0.234. The highest BCUT2D eigenvalue weighted by Crippen LogP contribution is 2.72. The maximum atomic E-state index is 18.2. The van der Waals surface area contributed by atoms with E-state index in [2.05, 4.69) is 60.4 Å². The van der Waals surface area contributed by atoms with Crippen LogP contribution in [0.2, 0.25) is 0 Å². The Kier molecular flexibility index (Phi) is 34.8. The molecule has 32 nitrogen and oxygen atoms in total. The zero-order chi connectivity index (χ0) is 90.5. The molecule has 3 aromatic carbocycles. The van der Waals surface area contributed by atoms with Crippen molar-refractivity contribution < 1.29 is 115 Å². The topological polar surface area (TPSA) is 447 Å². The van der Waals surface area contributed by atoms with E-state index in [9.17, 15) is 63.9 Å². The van der Waals surface area contributed by atoms with Crippen molar-refractivity contribution >= 4 is 69.9 Å². The molecule has 19 atom stereocenters. The zero-order valence-corrected chi connectivity index (χ0v) is 72.7. The number of carbonyl (C=O) groups excluding carboxylic acids is 8. The number of aliphatic hydroxyl groups excluding tert-OH is 5. The van der Waals surface area contributed by atoms with Gasteiger partial charge in [-0.1, -0.05) is 114 Å². The molecule has 7 amide bonds. The van der Waals surface area contributed by atoms with Crippen molar-refractivity contribution in [2.24, 2.45) is 44.5 Å². The quantitative estimate of drug-likeness (QED) is 0.0146. The van der Waals surface area contributed by atoms with E-state index in [1.165, 1.54) is 31.2 Å². The number of nitrogens with two attached hydrogens (primary N) is 1. The molecular formula is C92H124F2N10O22. The first-order chi connectivity index (χ1) is 60.5. The Morgan fingerprint density at radius 1 is 0.730 bits per heavy atom. The van der Waals surface area contributed by atoms with Crippen LogP contribution in [0, 0.1) is 40.4 Å². The molecule has 13 N–H and O–H groups in total. The number of hydrogen-bond acceptors (Lipinski definition) is 25. The van der Waals surface area contributed by atoms with E-state index >= 15 is 8.78 Å². The summed E-state index contributed by atoms with van der Waals surface area (Å²) < 4.78 is 88.2. The second-order valence-corrected chi connectivity index (χ2v) is 34.3. The molecule has 8 aliphatic rings. The van der Waals surface area contributed by atoms with Gasteiger partial charge in [-0.25, -0.2) is 8.78 Å². The summed E-state index contributed by atoms with van der Waals surface area (Å²) in [5.41, 5.74) is -1.85. The van der Waals surface area contributed by atoms with Gasteiger partial charge in [-0.3, -0.25) is 43.3 Å². The fraction of sp³-hybridized carbons (Fsp3) is 0.609. The number of fused-ring (bicyclic) bond motifs is 9. The molecule has 3 aliphatic heterocycles. The minimum absolute atomic E-state index is 0.00196. The molecule has 11 rings (SSSR count). The van der Waals surface area contributed by atoms with Crippen LogP contribution in [-0.4, -0.2) is 261 Å². The number of aliphatic imine (C=N–C) groups is 1. The number of allylic oxidation sites excluding steroid dienone is 5. The number of rotatable bonds is 42. The molecule has 0 bridgehead atoms. The molecule has 126 heavy (non-hydrogen) atoms. The predicted molar refractivity (Wildman–Crippen MR) is 460 cm³/mol. The van der Waals surface area contributed by atoms with E-state index in [-0.39, 0.29) is 146 Å². The number of unbranched alkanes of at least 4 members (excludes halogenated alkanes) is 1. The second kappa shape index (κ2) is 45.1. The van der Waals surface area contributed by atoms with Crippen LogP contribution in [0.3, 0.4) is 0 Å². The molecule has 2 saturated heterocycles. The normalized spacial score (nSPS) is 29.1. The smallest absolute Gasteiger partial charge is 0.246 e. The number of halogens is 2. The number of anilines is 2. The SMILES string of the molecule is C=C1C=C[C@@]2(C)C(=C1)[C@@H](F)C[C@H]1[C@@H]3C[C@H]4OC(CCC)O[C@@]4(C(=O)COc4ccc(NC(=O)[C@H](C)NC(=O)[C@@H](NC(=O)[C@@H](CCCCNC(=O)COC5CCCCCC(=N[C@@H]6O[C@H](CO)[C@H](O)[C@H](O)[C@H]6O)C5=NN)NC(=O)CCOCCOCCOCCOCCNC(=O)CCC(=O)N5Cc6ccccc6C#Cc6ccccc65)C(C)C)cc4)[C@@]3(C)C[C@H](O)[C@@]12F. The monoisotopic (exact) mass is 1760 g/mol. The fourth-order valence-corrected chi connectivity index (χ4v) is 18.6. The number of alkyl halides is 2. The Labute approximate surface area is 733 Å². The number of hydrazone groups is 1. The Balaban J connectivity index is 0.622. The summed E-state index contributed by atoms with van der Waals surface area (Å²) >= 11 is 0. The molecular weight excluding hydrogens is 1640 g/mol. The van der Waals surface area contributed by atoms with E-state index in [0.29, 0.717) is 74.2 Å². The molecule has 0 radical (unpaired) electrons. The van der Waals surface area contributed by atoms with Gasteiger partial charge in [0.1, 0.15) is 79.5 Å². The van der Waals surface area contributed by atoms with Gasteiger partial charge in [-0.15, -0.1) is 0 Å². The number of nitrogens with zero attached hydrogens (tertiary/aromatic N) is 3. The average Bonchev–Trinajstić information content (AvgIpc) is 1.45. The summed E-state index contributed by atoms with van der Waals surface area (Å²) in [7, 11) is 0. The maximum absolute atomic E-state index is 18.2. The number of aliphatic hydroxyl groups is 5. The van der Waals surface area contributed by atoms with Crippen LogP contribution in [0.4, 0.5) is 20.2 Å². The first-order valence-electron chi connectivity index (χ1n) is 44.0. The van der Waals surface area contributed by atoms with Crippen LogP contribution in [0.25, 0.3) is 0 Å². The second-order valence-electron chi connectivity index (χ2n) is 34.3. The number of benzene rings is 3. The van der Waals surface area contributed by atoms with Crippen LogP contribution in [0.15, 0.2) is 119 Å². The van der Waals surface area contributed by atoms with Crippen molar-refractivity contribution in [3.8, 4) is 17.6 Å². The Hall–Kier alpha value is -9.32. The van der Waals surface area contributed by atoms with E-state index in [0.717, 1.165) is 23.1 Å². The lowest BCUT2D eigenvalue weighted by Gasteiger charge is -2.63. The van der Waals surface area contributed by atoms with Gasteiger partial charge in [0.25, 0.3) is 0 Å². The fourth-order valence-electron chi connectivity index (χ4n) is 18.6. The van der Waals surface area contributed by atoms with E-state index in [4.69, 9.17) is 48.5 Å². The lowest BCUT2D eigenvalue weighted by atomic mass is 9.44. The van der Waals surface area contributed by atoms with Gasteiger partial charge < -0.3 is 111 Å². The van der Waals surface area contributed by atoms with E-state index in [1.807, 2.05) is 62.4 Å². The van der Waals surface area contributed by atoms with Crippen molar-refractivity contribution in [1.82, 2.24) is 26.6 Å². The number of hydrogen-bond donors (Lipinski definition) is 12. The highest BCUT2D eigenvalue weighted by atomic mass is 19.1. The lowest BCUT2D eigenvalue weighted by Crippen LogP contribution is -2.70. The number of Topliss-reactive ketones (excluding diaryl/α,β-unsaturated/α-hetero) is 1. The van der Waals surface area contributed by atoms with Crippen LogP contribution in [0.5, 0.6) is 5.75 Å². The minimum atomic E-state index is -2.28. The summed E-state index contributed by atoms with van der Waals surface area (Å²) in [4.78, 5) is 117. The molecule has 34 heteroatoms. The van der Waals surface area contributed by atoms with Gasteiger partial charge in [0.05, 0.1) is 89.6 Å². The number of nitrogens with one attached hydrogen (secondary N) is 6. The molecule has 688 valence electrons. The molecule has 0 spiro atoms. The predicted octanol–water partition coefficient (Wildman–Crippen LogP) is 5.39. The summed E-state index contributed by atoms with van der Waals surface area (Å²) in [5, 5.41) is 73.9. The first kappa shape index (κ1) is 97.3. The minimum Gasteiger partial charge on any atom is -0.486 e. The van der Waals surface area contributed by atoms with Gasteiger partial charge >= 0.3 is 0 Å². The third-order valence-electron chi connectivity index (χ3n) is 25.4. The number of para-hydroxylation sites is 1. The van der Waals surface area contributed by atoms with Crippen molar-refractivity contribution in [2.75, 3.05) is 96.0 Å². The molecule has 4 saturated carbocycles. The zero-order valence-electron chi connectivity index (χ0n) is 72.7. The summed E-state index contributed by atoms with van der Waals surface area (Å²) in [5.74, 6) is 6.31. The molecule has 3 heterocycles. The Morgan fingerprint density at radius 3 is 2.13 bits per heavy atom. The standard InChI is InChI=1S/C92H124F2N10O22/c1-8-18-79-125-74-49-63-64-48-66(93)65-47-56(4)34-36-89(65,6)91(64,94)72(106)50-90(63,7)92(74,126-79)73(107)53-122-62-30-28-61(29-31-62)99-85(115)57(5)98-87(117)80(55(2)3)102-86(116)68(23-16-17-37-96-77(110)54-123-70-25-11-9-10-22-67(81(70)103-95)101-88-84(114)83(113)82(112)71(52-105)124-88)100-76(109)35-39-118-41-43-120-45-46-121-44-42-119-40-38-97-75(108)32-33-78(111)104-51-60-21-13-12-19-58(60)26-27-59-20-14-15-24-69(59)104/h12-15,19-21,24,28-31,34,36,47,55,57,63-64,66,68,70-72,74,79-80,82-84,88,105-106,112-114H,4,8-11,16-18,22-23,25,32-33,35,37-46,48-54,95H2,1-3,5-7H3,(H,96,110)(H,97,108)(H,98,117)(H,99,115)(H,100,109)(H,102,116)/t57-,63-,64-,66-,68+,70?,71+,72-,74+,79?,80-,82-,83-,84+,88+,89-,90-,91-,92+/m0/s1. The average molecular weight is 1760 g/mol. The van der Waals surface area contributed by atoms with Crippen LogP contribution < -0.4 is 47.4 Å². The van der Waals surface area contributed by atoms with Gasteiger partial charge in [0, 0.05) is 65.9 Å². The number of amides is 7. The van der Waals surface area contributed by atoms with Crippen LogP contribution in [-0.2, 0) is 82.8 Å². The number of ether oxygens (including phenoxy) is 9. The van der Waals surface area contributed by atoms with Gasteiger partial charge in [0.2, 0.25) is 47.1 Å². The molecule has 3 aromatic rings. The third kappa shape index (κ3) is 23.0. The van der Waals surface area contributed by atoms with Crippen LogP contribution >= 0.6 is 0 Å². The number of carbonyl (C=O) groups is 8. The highest BCUT2D eigenvalue weighted by Gasteiger charge is 2.80. The van der Waals surface area contributed by atoms with E-state index < -0.39 is 175 Å². The Bertz CT molecular complexity index is 4500. The van der Waals surface area contributed by atoms with Crippen molar-refractivity contribution in [1.29, 1.82) is 0 Å². The van der Waals surface area contributed by atoms with Gasteiger partial charge in [-0.2, -0.15) is 5.10 Å². The number of ketones is 1. The summed E-state index contributed by atoms with van der Waals surface area (Å²) in [6, 6.07) is 17.7. The van der Waals surface area contributed by atoms with Gasteiger partial charge in [0.15, 0.2) is 23.8 Å². The van der Waals surface area contributed by atoms with Crippen molar-refractivity contribution in [2.45, 2.75) is 242 Å². The van der Waals surface area contributed by atoms with Gasteiger partial charge in [-0.05, 0) is 149 Å². The maximum Gasteiger partial charge on any atom is 0.246 e. The molecule has 5 aliphatic carbocycles. The van der Waals surface area contributed by atoms with Crippen LogP contribution in [0.1, 0.15) is 161 Å².